The molecule has 0 atom stereocenters. The van der Waals surface area contributed by atoms with Crippen LogP contribution < -0.4 is 18.8 Å². The molecule has 0 amide bonds. The van der Waals surface area contributed by atoms with E-state index in [1.165, 1.54) is 72.8 Å². The number of piperazine rings is 1. The lowest BCUT2D eigenvalue weighted by atomic mass is 9.98. The van der Waals surface area contributed by atoms with Crippen molar-refractivity contribution in [2.75, 3.05) is 71.7 Å². The second kappa shape index (κ2) is 11.5. The molecule has 10 heteroatoms. The van der Waals surface area contributed by atoms with Crippen LogP contribution in [0.1, 0.15) is 42.9 Å². The number of nitrogens with zero attached hydrogens (tertiary/aromatic N) is 7. The molecule has 0 bridgehead atoms. The predicted octanol–water partition coefficient (Wildman–Crippen LogP) is 6.26. The van der Waals surface area contributed by atoms with Gasteiger partial charge in [0.1, 0.15) is 5.65 Å². The summed E-state index contributed by atoms with van der Waals surface area (Å²) in [6.45, 7) is 12.6. The molecular weight excluding hydrogens is 567 g/mol. The lowest BCUT2D eigenvalue weighted by molar-refractivity contribution is 0.0982. The summed E-state index contributed by atoms with van der Waals surface area (Å²) in [5.41, 5.74) is 9.93. The average molecular weight is 610 g/mol. The summed E-state index contributed by atoms with van der Waals surface area (Å²) in [7, 11) is 2.24. The summed E-state index contributed by atoms with van der Waals surface area (Å²) in [6, 6.07) is 14.2. The van der Waals surface area contributed by atoms with Crippen molar-refractivity contribution >= 4 is 57.7 Å². The van der Waals surface area contributed by atoms with Gasteiger partial charge < -0.3 is 20.1 Å². The van der Waals surface area contributed by atoms with Crippen molar-refractivity contribution in [3.05, 3.63) is 59.3 Å². The Morgan fingerprint density at radius 3 is 2.64 bits per heavy atom. The topological polar surface area (TPSA) is 69.8 Å². The zero-order valence-corrected chi connectivity index (χ0v) is 27.0. The summed E-state index contributed by atoms with van der Waals surface area (Å²) in [5.74, 6) is 1.54. The third-order valence-electron chi connectivity index (χ3n) is 9.97. The Morgan fingerprint density at radius 1 is 0.977 bits per heavy atom. The first-order valence-electron chi connectivity index (χ1n) is 16.4. The summed E-state index contributed by atoms with van der Waals surface area (Å²) in [6.07, 6.45) is 7.65. The lowest BCUT2D eigenvalue weighted by Crippen LogP contribution is -2.52. The molecule has 2 aromatic carbocycles. The minimum atomic E-state index is 0.626. The molecular formula is C34H43N9S. The van der Waals surface area contributed by atoms with Crippen molar-refractivity contribution in [1.29, 1.82) is 0 Å². The molecule has 6 heterocycles. The minimum Gasteiger partial charge on any atom is -0.371 e. The number of aromatic nitrogens is 3. The first kappa shape index (κ1) is 28.0. The number of piperidine rings is 1. The van der Waals surface area contributed by atoms with Crippen LogP contribution in [0.3, 0.4) is 0 Å². The third kappa shape index (κ3) is 4.97. The molecule has 0 saturated carbocycles. The van der Waals surface area contributed by atoms with Gasteiger partial charge in [-0.05, 0) is 80.6 Å². The van der Waals surface area contributed by atoms with E-state index in [0.717, 1.165) is 67.5 Å². The van der Waals surface area contributed by atoms with Crippen LogP contribution in [0.15, 0.2) is 42.6 Å². The van der Waals surface area contributed by atoms with E-state index in [4.69, 9.17) is 9.97 Å². The number of benzene rings is 2. The Balaban J connectivity index is 1.06. The van der Waals surface area contributed by atoms with Crippen LogP contribution in [0, 0.1) is 6.92 Å². The van der Waals surface area contributed by atoms with Gasteiger partial charge in [-0.1, -0.05) is 25.5 Å². The van der Waals surface area contributed by atoms with Crippen LogP contribution in [0.25, 0.3) is 11.0 Å². The first-order valence-corrected chi connectivity index (χ1v) is 17.1. The summed E-state index contributed by atoms with van der Waals surface area (Å²) < 4.78 is 4.67. The van der Waals surface area contributed by atoms with Gasteiger partial charge in [0.15, 0.2) is 5.82 Å². The van der Waals surface area contributed by atoms with Crippen molar-refractivity contribution in [2.24, 2.45) is 0 Å². The highest BCUT2D eigenvalue weighted by molar-refractivity contribution is 8.02. The number of rotatable bonds is 7. The van der Waals surface area contributed by atoms with Crippen molar-refractivity contribution < 1.29 is 0 Å². The van der Waals surface area contributed by atoms with Gasteiger partial charge in [0.25, 0.3) is 0 Å². The highest BCUT2D eigenvalue weighted by Crippen LogP contribution is 2.53. The fraction of sp³-hybridized carbons (Fsp3) is 0.471. The van der Waals surface area contributed by atoms with Crippen molar-refractivity contribution in [3.63, 3.8) is 0 Å². The first-order chi connectivity index (χ1) is 21.6. The number of aryl methyl sites for hydroxylation is 2. The maximum atomic E-state index is 5.16. The Morgan fingerprint density at radius 2 is 1.82 bits per heavy atom. The van der Waals surface area contributed by atoms with Gasteiger partial charge in [-0.15, -0.1) is 0 Å². The van der Waals surface area contributed by atoms with Crippen LogP contribution >= 0.6 is 12.1 Å². The number of para-hydroxylation sites is 1. The smallest absolute Gasteiger partial charge is 0.231 e. The van der Waals surface area contributed by atoms with E-state index >= 15 is 0 Å². The fourth-order valence-corrected chi connectivity index (χ4v) is 8.64. The zero-order valence-electron chi connectivity index (χ0n) is 26.1. The van der Waals surface area contributed by atoms with Crippen LogP contribution in [0.2, 0.25) is 0 Å². The zero-order chi connectivity index (χ0) is 29.8. The van der Waals surface area contributed by atoms with Gasteiger partial charge in [0.2, 0.25) is 5.95 Å². The standard InChI is InChI=1S/C34H43N9S/c1-4-6-25-22-30(41-14-11-26(12-15-41)40-19-17-39(3)18-20-40)23(2)21-28(25)36-34-37-32-27(9-13-35-32)33(38-34)43-29-8-5-7-24-10-16-42(44-43)31(24)29/h5,7-9,13,21-22,26H,4,6,10-12,14-20H2,1-3H3,(H2,35,36,37,38). The number of hydrogen-bond acceptors (Lipinski definition) is 9. The molecule has 4 aliphatic rings. The number of hydrogen-bond donors (Lipinski definition) is 2. The molecule has 2 fully saturated rings. The molecule has 2 aromatic heterocycles. The van der Waals surface area contributed by atoms with E-state index in [1.54, 1.807) is 12.1 Å². The molecule has 0 spiro atoms. The summed E-state index contributed by atoms with van der Waals surface area (Å²) >= 11 is 1.74. The largest absolute Gasteiger partial charge is 0.371 e. The third-order valence-corrected chi connectivity index (χ3v) is 11.1. The number of H-pyrrole nitrogens is 1. The molecule has 0 aliphatic carbocycles. The van der Waals surface area contributed by atoms with Gasteiger partial charge in [0, 0.05) is 69.4 Å². The molecule has 4 aromatic rings. The Labute approximate surface area is 264 Å². The second-order valence-corrected chi connectivity index (χ2v) is 13.8. The van der Waals surface area contributed by atoms with E-state index in [-0.39, 0.29) is 0 Å². The van der Waals surface area contributed by atoms with E-state index in [9.17, 15) is 0 Å². The molecule has 8 rings (SSSR count). The van der Waals surface area contributed by atoms with Gasteiger partial charge >= 0.3 is 0 Å². The molecule has 2 saturated heterocycles. The van der Waals surface area contributed by atoms with Crippen LogP contribution in [0.4, 0.5) is 34.5 Å². The predicted molar refractivity (Wildman–Crippen MR) is 184 cm³/mol. The van der Waals surface area contributed by atoms with Gasteiger partial charge in [-0.3, -0.25) is 9.21 Å². The SMILES string of the molecule is CCCc1cc(N2CCC(N3CCN(C)CC3)CC2)c(C)cc1Nc1nc(N2SN3CCc4cccc2c43)c2cc[nH]c2n1. The van der Waals surface area contributed by atoms with Crippen LogP contribution in [0.5, 0.6) is 0 Å². The van der Waals surface area contributed by atoms with Crippen molar-refractivity contribution in [3.8, 4) is 0 Å². The number of aromatic amines is 1. The maximum Gasteiger partial charge on any atom is 0.231 e. The molecule has 4 aliphatic heterocycles. The quantitative estimate of drug-likeness (QED) is 0.237. The van der Waals surface area contributed by atoms with Gasteiger partial charge in [-0.2, -0.15) is 9.97 Å². The fourth-order valence-electron chi connectivity index (χ4n) is 7.53. The molecule has 230 valence electrons. The maximum absolute atomic E-state index is 5.16. The molecule has 0 radical (unpaired) electrons. The summed E-state index contributed by atoms with van der Waals surface area (Å²) in [4.78, 5) is 21.2. The van der Waals surface area contributed by atoms with E-state index < -0.39 is 0 Å². The van der Waals surface area contributed by atoms with E-state index in [2.05, 4.69) is 90.9 Å². The second-order valence-electron chi connectivity index (χ2n) is 12.9. The van der Waals surface area contributed by atoms with Crippen molar-refractivity contribution in [2.45, 2.75) is 52.0 Å². The van der Waals surface area contributed by atoms with E-state index in [1.807, 2.05) is 6.20 Å². The average Bonchev–Trinajstić information content (AvgIpc) is 3.78. The van der Waals surface area contributed by atoms with Gasteiger partial charge in [-0.25, -0.2) is 4.31 Å². The minimum absolute atomic E-state index is 0.626. The number of likely N-dealkylation sites (N-methyl/N-ethyl adjacent to an activating group) is 1. The molecule has 2 N–H and O–H groups in total. The molecule has 44 heavy (non-hydrogen) atoms. The monoisotopic (exact) mass is 609 g/mol. The Bertz CT molecular complexity index is 1670. The molecule has 0 unspecified atom stereocenters. The van der Waals surface area contributed by atoms with Crippen molar-refractivity contribution in [1.82, 2.24) is 24.8 Å². The number of anilines is 6. The van der Waals surface area contributed by atoms with Gasteiger partial charge in [0.05, 0.1) is 28.9 Å². The number of fused-ring (bicyclic) bond motifs is 1. The Hall–Kier alpha value is -3.47. The lowest BCUT2D eigenvalue weighted by Gasteiger charge is -2.43. The van der Waals surface area contributed by atoms with Crippen LogP contribution in [-0.2, 0) is 12.8 Å². The normalized spacial score (nSPS) is 19.4. The van der Waals surface area contributed by atoms with E-state index in [0.29, 0.717) is 5.95 Å². The summed E-state index contributed by atoms with van der Waals surface area (Å²) in [5, 5.41) is 4.70. The van der Waals surface area contributed by atoms with Crippen LogP contribution in [-0.4, -0.2) is 83.7 Å². The Kier molecular flexibility index (Phi) is 7.31. The number of nitrogens with one attached hydrogen (secondary N) is 2. The highest BCUT2D eigenvalue weighted by atomic mass is 32.2. The highest BCUT2D eigenvalue weighted by Gasteiger charge is 2.36. The molecule has 9 nitrogen and oxygen atoms in total.